The first-order valence-electron chi connectivity index (χ1n) is 20.7. The van der Waals surface area contributed by atoms with Gasteiger partial charge in [-0.15, -0.1) is 0 Å². The molecule has 2 aromatic carbocycles. The summed E-state index contributed by atoms with van der Waals surface area (Å²) in [5, 5.41) is 55.3. The van der Waals surface area contributed by atoms with Crippen LogP contribution >= 0.6 is 0 Å². The summed E-state index contributed by atoms with van der Waals surface area (Å²) in [6.07, 6.45) is 1.78. The smallest absolute Gasteiger partial charge is 0.326 e. The molecule has 64 heavy (non-hydrogen) atoms. The van der Waals surface area contributed by atoms with Crippen LogP contribution in [0.1, 0.15) is 51.7 Å². The number of nitrogens with one attached hydrogen (secondary N) is 8. The number of rotatable bonds is 24. The lowest BCUT2D eigenvalue weighted by molar-refractivity contribution is -0.143. The van der Waals surface area contributed by atoms with E-state index in [1.807, 2.05) is 0 Å². The number of carboxylic acids is 2. The van der Waals surface area contributed by atoms with E-state index in [4.69, 9.17) is 5.73 Å². The fraction of sp³-hybridized carbons (Fsp3) is 0.442. The molecule has 7 atom stereocenters. The number of carboxylic acid groups (broad SMARTS) is 2. The van der Waals surface area contributed by atoms with Gasteiger partial charge >= 0.3 is 11.9 Å². The van der Waals surface area contributed by atoms with E-state index in [1.54, 1.807) is 88.6 Å². The predicted octanol–water partition coefficient (Wildman–Crippen LogP) is -1.08. The Bertz CT molecular complexity index is 2310. The standard InChI is InChI=1S/C43H57N9O12/c1-21(2)35(51-37(57)27(44)19-53)42(62)49-31(15-23-17-45-28-11-7-5-9-25(23)28)39(59)47-30(13-14-34(55)56)38(58)50-33(20-54)41(61)48-32(40(60)52-36(22(3)4)43(63)64)16-24-18-46-29-12-8-6-10-26(24)29/h5-12,17-18,21-22,27,30-33,35-36,45-46,53-54H,13-16,19-20,44H2,1-4H3,(H,47,59)(H,48,61)(H,49,62)(H,50,58)(H,51,57)(H,52,60)(H,55,56)(H,63,64)/t27-,30-,31-,32-,33-,35-,36-/m0/s1. The number of aliphatic carboxylic acids is 2. The zero-order valence-corrected chi connectivity index (χ0v) is 35.8. The summed E-state index contributed by atoms with van der Waals surface area (Å²) in [5.41, 5.74) is 8.24. The molecule has 0 aliphatic rings. The van der Waals surface area contributed by atoms with Gasteiger partial charge in [-0.1, -0.05) is 64.1 Å². The highest BCUT2D eigenvalue weighted by molar-refractivity contribution is 5.98. The summed E-state index contributed by atoms with van der Waals surface area (Å²) >= 11 is 0. The molecule has 0 saturated heterocycles. The molecule has 0 fully saturated rings. The fourth-order valence-electron chi connectivity index (χ4n) is 6.91. The molecule has 0 radical (unpaired) electrons. The lowest BCUT2D eigenvalue weighted by Crippen LogP contribution is -2.61. The van der Waals surface area contributed by atoms with Gasteiger partial charge in [-0.25, -0.2) is 4.79 Å². The van der Waals surface area contributed by atoms with E-state index >= 15 is 0 Å². The van der Waals surface area contributed by atoms with Gasteiger partial charge in [-0.3, -0.25) is 33.6 Å². The van der Waals surface area contributed by atoms with Crippen LogP contribution in [0.15, 0.2) is 60.9 Å². The van der Waals surface area contributed by atoms with Crippen molar-refractivity contribution in [1.82, 2.24) is 41.9 Å². The molecule has 4 rings (SSSR count). The largest absolute Gasteiger partial charge is 0.481 e. The molecule has 0 aliphatic carbocycles. The zero-order valence-electron chi connectivity index (χ0n) is 35.8. The highest BCUT2D eigenvalue weighted by Crippen LogP contribution is 2.21. The number of fused-ring (bicyclic) bond motifs is 2. The number of carbonyl (C=O) groups excluding carboxylic acids is 6. The normalized spacial score (nSPS) is 14.7. The highest BCUT2D eigenvalue weighted by Gasteiger charge is 2.35. The van der Waals surface area contributed by atoms with Crippen LogP contribution in [-0.2, 0) is 51.2 Å². The summed E-state index contributed by atoms with van der Waals surface area (Å²) in [6, 6.07) is 4.03. The molecule has 2 aromatic heterocycles. The first-order chi connectivity index (χ1) is 30.3. The zero-order chi connectivity index (χ0) is 47.2. The summed E-state index contributed by atoms with van der Waals surface area (Å²) in [6.45, 7) is 4.69. The van der Waals surface area contributed by atoms with E-state index < -0.39 is 128 Å². The van der Waals surface area contributed by atoms with Crippen molar-refractivity contribution in [2.45, 2.75) is 95.7 Å². The second-order valence-electron chi connectivity index (χ2n) is 16.1. The van der Waals surface area contributed by atoms with Crippen molar-refractivity contribution in [3.63, 3.8) is 0 Å². The van der Waals surface area contributed by atoms with Gasteiger partial charge in [0.1, 0.15) is 42.3 Å². The molecule has 2 heterocycles. The molecule has 21 nitrogen and oxygen atoms in total. The van der Waals surface area contributed by atoms with Crippen LogP contribution in [0.25, 0.3) is 21.8 Å². The molecule has 4 aromatic rings. The van der Waals surface area contributed by atoms with Gasteiger partial charge in [0.2, 0.25) is 35.4 Å². The Balaban J connectivity index is 1.60. The van der Waals surface area contributed by atoms with Crippen molar-refractivity contribution in [3.05, 3.63) is 72.1 Å². The minimum Gasteiger partial charge on any atom is -0.481 e. The summed E-state index contributed by atoms with van der Waals surface area (Å²) in [5.74, 6) is -9.36. The van der Waals surface area contributed by atoms with Crippen molar-refractivity contribution in [1.29, 1.82) is 0 Å². The van der Waals surface area contributed by atoms with Gasteiger partial charge < -0.3 is 68.0 Å². The van der Waals surface area contributed by atoms with Crippen molar-refractivity contribution >= 4 is 69.2 Å². The number of nitrogens with two attached hydrogens (primary N) is 1. The molecule has 0 spiro atoms. The van der Waals surface area contributed by atoms with E-state index in [0.29, 0.717) is 27.4 Å². The fourth-order valence-corrected chi connectivity index (χ4v) is 6.91. The molecule has 0 saturated carbocycles. The monoisotopic (exact) mass is 891 g/mol. The minimum atomic E-state index is -1.77. The van der Waals surface area contributed by atoms with Gasteiger partial charge in [0.25, 0.3) is 0 Å². The third-order valence-electron chi connectivity index (χ3n) is 10.6. The average molecular weight is 892 g/mol. The van der Waals surface area contributed by atoms with Crippen LogP contribution in [0.3, 0.4) is 0 Å². The quantitative estimate of drug-likeness (QED) is 0.0399. The van der Waals surface area contributed by atoms with E-state index in [9.17, 15) is 58.8 Å². The number of aliphatic hydroxyl groups excluding tert-OH is 2. The third kappa shape index (κ3) is 13.3. The highest BCUT2D eigenvalue weighted by atomic mass is 16.4. The van der Waals surface area contributed by atoms with Gasteiger partial charge in [-0.2, -0.15) is 0 Å². The van der Waals surface area contributed by atoms with Crippen LogP contribution < -0.4 is 37.6 Å². The summed E-state index contributed by atoms with van der Waals surface area (Å²) in [7, 11) is 0. The van der Waals surface area contributed by atoms with Crippen LogP contribution in [0, 0.1) is 11.8 Å². The maximum absolute atomic E-state index is 14.2. The lowest BCUT2D eigenvalue weighted by Gasteiger charge is -2.28. The second kappa shape index (κ2) is 23.0. The van der Waals surface area contributed by atoms with Crippen molar-refractivity contribution < 1.29 is 58.8 Å². The molecule has 6 amide bonds. The van der Waals surface area contributed by atoms with E-state index in [2.05, 4.69) is 41.9 Å². The Labute approximate surface area is 367 Å². The Hall–Kier alpha value is -6.84. The molecule has 346 valence electrons. The number of aliphatic hydroxyl groups is 2. The number of aromatic nitrogens is 2. The predicted molar refractivity (Wildman–Crippen MR) is 232 cm³/mol. The molecular weight excluding hydrogens is 835 g/mol. The van der Waals surface area contributed by atoms with Crippen LogP contribution in [0.4, 0.5) is 0 Å². The molecular formula is C43H57N9O12. The minimum absolute atomic E-state index is 0.144. The number of hydrogen-bond acceptors (Lipinski definition) is 11. The van der Waals surface area contributed by atoms with Crippen molar-refractivity contribution in [3.8, 4) is 0 Å². The number of para-hydroxylation sites is 2. The van der Waals surface area contributed by atoms with E-state index in [1.165, 1.54) is 0 Å². The van der Waals surface area contributed by atoms with Gasteiger partial charge in [-0.05, 0) is 41.5 Å². The number of carbonyl (C=O) groups is 8. The van der Waals surface area contributed by atoms with Crippen molar-refractivity contribution in [2.75, 3.05) is 13.2 Å². The third-order valence-corrected chi connectivity index (χ3v) is 10.6. The van der Waals surface area contributed by atoms with Crippen LogP contribution in [0.2, 0.25) is 0 Å². The van der Waals surface area contributed by atoms with Crippen LogP contribution in [-0.4, -0.2) is 133 Å². The van der Waals surface area contributed by atoms with Crippen LogP contribution in [0.5, 0.6) is 0 Å². The number of aromatic amines is 2. The Morgan fingerprint density at radius 3 is 1.44 bits per heavy atom. The SMILES string of the molecule is CC(C)[C@H](NC(=O)[C@H](Cc1c[nH]c2ccccc12)NC(=O)[C@H](CO)NC(=O)[C@H](CCC(=O)O)NC(=O)[C@H](Cc1c[nH]c2ccccc12)NC(=O)[C@@H](NC(=O)[C@@H](N)CO)C(C)C)C(=O)O. The first-order valence-corrected chi connectivity index (χ1v) is 20.7. The Morgan fingerprint density at radius 1 is 0.547 bits per heavy atom. The summed E-state index contributed by atoms with van der Waals surface area (Å²) < 4.78 is 0. The maximum Gasteiger partial charge on any atom is 0.326 e. The molecule has 0 bridgehead atoms. The lowest BCUT2D eigenvalue weighted by atomic mass is 10.00. The molecule has 0 aliphatic heterocycles. The average Bonchev–Trinajstić information content (AvgIpc) is 3.87. The van der Waals surface area contributed by atoms with Crippen molar-refractivity contribution in [2.24, 2.45) is 17.6 Å². The van der Waals surface area contributed by atoms with E-state index in [-0.39, 0.29) is 12.8 Å². The Morgan fingerprint density at radius 2 is 0.969 bits per heavy atom. The second-order valence-corrected chi connectivity index (χ2v) is 16.1. The van der Waals surface area contributed by atoms with E-state index in [0.717, 1.165) is 5.52 Å². The molecule has 0 unspecified atom stereocenters. The molecule has 21 heteroatoms. The molecule has 14 N–H and O–H groups in total. The Kier molecular flexibility index (Phi) is 17.9. The maximum atomic E-state index is 14.2. The number of amides is 6. The number of benzene rings is 2. The first kappa shape index (κ1) is 49.8. The number of hydrogen-bond donors (Lipinski definition) is 13. The van der Waals surface area contributed by atoms with Gasteiger partial charge in [0.15, 0.2) is 0 Å². The summed E-state index contributed by atoms with van der Waals surface area (Å²) in [4.78, 5) is 112. The van der Waals surface area contributed by atoms with Gasteiger partial charge in [0, 0.05) is 53.5 Å². The topological polar surface area (TPSA) is 347 Å². The number of H-pyrrole nitrogens is 2. The van der Waals surface area contributed by atoms with Gasteiger partial charge in [0.05, 0.1) is 13.2 Å².